The van der Waals surface area contributed by atoms with Crippen LogP contribution in [0.5, 0.6) is 0 Å². The zero-order valence-electron chi connectivity index (χ0n) is 17.2. The summed E-state index contributed by atoms with van der Waals surface area (Å²) in [4.78, 5) is 6.56. The molecule has 1 unspecified atom stereocenters. The van der Waals surface area contributed by atoms with E-state index in [-0.39, 0.29) is 35.9 Å². The highest BCUT2D eigenvalue weighted by molar-refractivity contribution is 14.0. The van der Waals surface area contributed by atoms with Gasteiger partial charge in [0.1, 0.15) is 5.82 Å². The molecule has 6 nitrogen and oxygen atoms in total. The number of guanidine groups is 1. The highest BCUT2D eigenvalue weighted by Gasteiger charge is 2.15. The Morgan fingerprint density at radius 1 is 1.36 bits per heavy atom. The average molecular weight is 508 g/mol. The third-order valence-electron chi connectivity index (χ3n) is 4.22. The summed E-state index contributed by atoms with van der Waals surface area (Å²) < 4.78 is 25.0. The number of nitrogens with zero attached hydrogens (tertiary/aromatic N) is 2. The molecule has 1 saturated heterocycles. The Morgan fingerprint density at radius 3 is 2.86 bits per heavy atom. The second-order valence-corrected chi connectivity index (χ2v) is 7.00. The van der Waals surface area contributed by atoms with Gasteiger partial charge in [0.25, 0.3) is 0 Å². The number of hydrogen-bond acceptors (Lipinski definition) is 4. The van der Waals surface area contributed by atoms with E-state index in [1.807, 2.05) is 32.0 Å². The van der Waals surface area contributed by atoms with Crippen LogP contribution >= 0.6 is 24.0 Å². The maximum absolute atomic E-state index is 13.9. The quantitative estimate of drug-likeness (QED) is 0.220. The molecular formula is C20H34FIN4O2. The molecule has 1 aliphatic heterocycles. The Hall–Kier alpha value is -0.970. The Bertz CT molecular complexity index is 596. The molecule has 1 aliphatic rings. The Labute approximate surface area is 185 Å². The highest BCUT2D eigenvalue weighted by atomic mass is 127. The minimum atomic E-state index is -0.172. The van der Waals surface area contributed by atoms with Gasteiger partial charge in [0, 0.05) is 38.4 Å². The standard InChI is InChI=1S/C20H33FN4O2.HI/c1-4-22-20(23-9-5-10-27-18-8-11-26-15-18)24-13-16-6-7-19(21)17(12-16)14-25(2)3;/h6-7,12,18H,4-5,8-11,13-15H2,1-3H3,(H2,22,23,24);1H. The van der Waals surface area contributed by atoms with Crippen LogP contribution in [0.3, 0.4) is 0 Å². The van der Waals surface area contributed by atoms with Gasteiger partial charge in [-0.15, -0.1) is 24.0 Å². The molecule has 28 heavy (non-hydrogen) atoms. The van der Waals surface area contributed by atoms with Gasteiger partial charge in [-0.05, 0) is 51.6 Å². The van der Waals surface area contributed by atoms with E-state index in [2.05, 4.69) is 15.6 Å². The summed E-state index contributed by atoms with van der Waals surface area (Å²) in [7, 11) is 3.86. The average Bonchev–Trinajstić information content (AvgIpc) is 3.14. The molecule has 0 aromatic heterocycles. The molecule has 160 valence electrons. The summed E-state index contributed by atoms with van der Waals surface area (Å²) in [5.74, 6) is 0.592. The topological polar surface area (TPSA) is 58.1 Å². The molecule has 0 amide bonds. The van der Waals surface area contributed by atoms with Gasteiger partial charge in [-0.25, -0.2) is 9.38 Å². The fraction of sp³-hybridized carbons (Fsp3) is 0.650. The number of rotatable bonds is 10. The molecule has 0 saturated carbocycles. The minimum absolute atomic E-state index is 0. The van der Waals surface area contributed by atoms with E-state index < -0.39 is 0 Å². The lowest BCUT2D eigenvalue weighted by Gasteiger charge is -2.14. The summed E-state index contributed by atoms with van der Waals surface area (Å²) >= 11 is 0. The number of hydrogen-bond donors (Lipinski definition) is 2. The van der Waals surface area contributed by atoms with Crippen molar-refractivity contribution in [3.63, 3.8) is 0 Å². The van der Waals surface area contributed by atoms with Crippen molar-refractivity contribution in [3.8, 4) is 0 Å². The van der Waals surface area contributed by atoms with Gasteiger partial charge in [-0.1, -0.05) is 6.07 Å². The number of nitrogens with one attached hydrogen (secondary N) is 2. The van der Waals surface area contributed by atoms with Crippen LogP contribution < -0.4 is 10.6 Å². The summed E-state index contributed by atoms with van der Waals surface area (Å²) in [6.07, 6.45) is 2.15. The molecule has 8 heteroatoms. The molecule has 1 atom stereocenters. The molecule has 1 aromatic carbocycles. The van der Waals surface area contributed by atoms with Gasteiger partial charge in [-0.2, -0.15) is 0 Å². The van der Waals surface area contributed by atoms with E-state index in [0.717, 1.165) is 44.1 Å². The monoisotopic (exact) mass is 508 g/mol. The van der Waals surface area contributed by atoms with E-state index in [4.69, 9.17) is 9.47 Å². The van der Waals surface area contributed by atoms with Crippen LogP contribution in [0.15, 0.2) is 23.2 Å². The van der Waals surface area contributed by atoms with Crippen molar-refractivity contribution in [2.75, 3.05) is 47.0 Å². The second-order valence-electron chi connectivity index (χ2n) is 7.00. The molecule has 1 heterocycles. The molecule has 1 aromatic rings. The highest BCUT2D eigenvalue weighted by Crippen LogP contribution is 2.13. The van der Waals surface area contributed by atoms with Crippen molar-refractivity contribution in [3.05, 3.63) is 35.1 Å². The SMILES string of the molecule is CCNC(=NCc1ccc(F)c(CN(C)C)c1)NCCCOC1CCOC1.I. The number of ether oxygens (including phenoxy) is 2. The maximum atomic E-state index is 13.9. The van der Waals surface area contributed by atoms with Crippen LogP contribution in [-0.2, 0) is 22.6 Å². The normalized spacial score (nSPS) is 16.9. The molecule has 0 spiro atoms. The van der Waals surface area contributed by atoms with Gasteiger partial charge in [0.2, 0.25) is 0 Å². The Morgan fingerprint density at radius 2 is 2.18 bits per heavy atom. The number of benzene rings is 1. The van der Waals surface area contributed by atoms with Crippen LogP contribution in [0.25, 0.3) is 0 Å². The van der Waals surface area contributed by atoms with E-state index in [1.165, 1.54) is 6.07 Å². The first-order chi connectivity index (χ1) is 13.1. The van der Waals surface area contributed by atoms with Crippen LogP contribution in [0.2, 0.25) is 0 Å². The van der Waals surface area contributed by atoms with E-state index in [0.29, 0.717) is 31.9 Å². The molecule has 2 rings (SSSR count). The lowest BCUT2D eigenvalue weighted by Crippen LogP contribution is -2.38. The first kappa shape index (κ1) is 25.1. The molecule has 0 aliphatic carbocycles. The van der Waals surface area contributed by atoms with Gasteiger partial charge in [-0.3, -0.25) is 0 Å². The van der Waals surface area contributed by atoms with Crippen LogP contribution in [0.4, 0.5) is 4.39 Å². The lowest BCUT2D eigenvalue weighted by atomic mass is 10.1. The largest absolute Gasteiger partial charge is 0.379 e. The van der Waals surface area contributed by atoms with Gasteiger partial charge < -0.3 is 25.0 Å². The lowest BCUT2D eigenvalue weighted by molar-refractivity contribution is 0.0420. The van der Waals surface area contributed by atoms with Crippen molar-refractivity contribution in [2.45, 2.75) is 39.0 Å². The van der Waals surface area contributed by atoms with Gasteiger partial charge in [0.05, 0.1) is 19.3 Å². The predicted molar refractivity (Wildman–Crippen MR) is 122 cm³/mol. The number of halogens is 2. The third kappa shape index (κ3) is 9.49. The van der Waals surface area contributed by atoms with Crippen molar-refractivity contribution in [1.29, 1.82) is 0 Å². The maximum Gasteiger partial charge on any atom is 0.191 e. The van der Waals surface area contributed by atoms with Crippen LogP contribution in [-0.4, -0.2) is 64.0 Å². The van der Waals surface area contributed by atoms with Gasteiger partial charge in [0.15, 0.2) is 5.96 Å². The first-order valence-electron chi connectivity index (χ1n) is 9.72. The third-order valence-corrected chi connectivity index (χ3v) is 4.22. The zero-order valence-corrected chi connectivity index (χ0v) is 19.5. The summed E-state index contributed by atoms with van der Waals surface area (Å²) in [6.45, 7) is 6.93. The Balaban J connectivity index is 0.00000392. The van der Waals surface area contributed by atoms with Crippen molar-refractivity contribution >= 4 is 29.9 Å². The summed E-state index contributed by atoms with van der Waals surface area (Å²) in [5, 5.41) is 6.56. The van der Waals surface area contributed by atoms with E-state index in [1.54, 1.807) is 6.07 Å². The minimum Gasteiger partial charge on any atom is -0.379 e. The predicted octanol–water partition coefficient (Wildman–Crippen LogP) is 2.76. The van der Waals surface area contributed by atoms with Crippen molar-refractivity contribution < 1.29 is 13.9 Å². The van der Waals surface area contributed by atoms with Crippen LogP contribution in [0, 0.1) is 5.82 Å². The summed E-state index contributed by atoms with van der Waals surface area (Å²) in [6, 6.07) is 5.20. The molecular weight excluding hydrogens is 474 g/mol. The first-order valence-corrected chi connectivity index (χ1v) is 9.72. The second kappa shape index (κ2) is 14.1. The van der Waals surface area contributed by atoms with Crippen molar-refractivity contribution in [2.24, 2.45) is 4.99 Å². The number of aliphatic imine (C=N–C) groups is 1. The van der Waals surface area contributed by atoms with Gasteiger partial charge >= 0.3 is 0 Å². The zero-order chi connectivity index (χ0) is 19.5. The fourth-order valence-corrected chi connectivity index (χ4v) is 2.87. The summed E-state index contributed by atoms with van der Waals surface area (Å²) in [5.41, 5.74) is 1.69. The van der Waals surface area contributed by atoms with Crippen LogP contribution in [0.1, 0.15) is 30.9 Å². The molecule has 1 fully saturated rings. The molecule has 0 radical (unpaired) electrons. The van der Waals surface area contributed by atoms with E-state index in [9.17, 15) is 4.39 Å². The molecule has 0 bridgehead atoms. The van der Waals surface area contributed by atoms with E-state index >= 15 is 0 Å². The van der Waals surface area contributed by atoms with Crippen molar-refractivity contribution in [1.82, 2.24) is 15.5 Å². The fourth-order valence-electron chi connectivity index (χ4n) is 2.87. The molecule has 2 N–H and O–H groups in total. The smallest absolute Gasteiger partial charge is 0.191 e. The Kier molecular flexibility index (Phi) is 12.6.